The van der Waals surface area contributed by atoms with Crippen LogP contribution in [-0.2, 0) is 6.18 Å². The minimum absolute atomic E-state index is 0. The van der Waals surface area contributed by atoms with Crippen LogP contribution in [-0.4, -0.2) is 11.2 Å². The predicted molar refractivity (Wildman–Crippen MR) is 71.1 cm³/mol. The number of halogens is 5. The Morgan fingerprint density at radius 3 is 2.40 bits per heavy atom. The van der Waals surface area contributed by atoms with Gasteiger partial charge in [0.05, 0.1) is 17.7 Å². The zero-order valence-corrected chi connectivity index (χ0v) is 11.8. The molecule has 1 rings (SSSR count). The SMILES string of the molecule is CCCC[C@H](O)[C@H](N)c1cc(F)ccc1C(F)(F)F.Cl. The largest absolute Gasteiger partial charge is 0.416 e. The van der Waals surface area contributed by atoms with Crippen LogP contribution >= 0.6 is 12.4 Å². The van der Waals surface area contributed by atoms with Crippen molar-refractivity contribution in [2.75, 3.05) is 0 Å². The average molecular weight is 316 g/mol. The summed E-state index contributed by atoms with van der Waals surface area (Å²) < 4.78 is 51.5. The van der Waals surface area contributed by atoms with Gasteiger partial charge < -0.3 is 10.8 Å². The number of alkyl halides is 3. The van der Waals surface area contributed by atoms with Crippen LogP contribution in [0, 0.1) is 5.82 Å². The summed E-state index contributed by atoms with van der Waals surface area (Å²) in [6.45, 7) is 1.89. The maximum atomic E-state index is 13.1. The van der Waals surface area contributed by atoms with Crippen molar-refractivity contribution in [3.8, 4) is 0 Å². The molecule has 0 aliphatic carbocycles. The molecule has 7 heteroatoms. The van der Waals surface area contributed by atoms with Crippen molar-refractivity contribution in [3.05, 3.63) is 35.1 Å². The molecule has 0 saturated heterocycles. The second-order valence-corrected chi connectivity index (χ2v) is 4.46. The minimum atomic E-state index is -4.62. The van der Waals surface area contributed by atoms with Crippen LogP contribution in [0.25, 0.3) is 0 Å². The Morgan fingerprint density at radius 2 is 1.90 bits per heavy atom. The lowest BCUT2D eigenvalue weighted by Gasteiger charge is -2.22. The zero-order chi connectivity index (χ0) is 14.6. The van der Waals surface area contributed by atoms with Crippen molar-refractivity contribution in [3.63, 3.8) is 0 Å². The van der Waals surface area contributed by atoms with E-state index >= 15 is 0 Å². The number of aliphatic hydroxyl groups is 1. The molecule has 0 aromatic heterocycles. The number of benzene rings is 1. The molecule has 0 saturated carbocycles. The highest BCUT2D eigenvalue weighted by Gasteiger charge is 2.36. The summed E-state index contributed by atoms with van der Waals surface area (Å²) in [5.74, 6) is -0.804. The maximum absolute atomic E-state index is 13.1. The van der Waals surface area contributed by atoms with Crippen molar-refractivity contribution in [1.29, 1.82) is 0 Å². The van der Waals surface area contributed by atoms with E-state index in [4.69, 9.17) is 5.73 Å². The second-order valence-electron chi connectivity index (χ2n) is 4.46. The van der Waals surface area contributed by atoms with E-state index < -0.39 is 35.3 Å². The highest BCUT2D eigenvalue weighted by Crippen LogP contribution is 2.35. The van der Waals surface area contributed by atoms with E-state index in [9.17, 15) is 22.7 Å². The first-order chi connectivity index (χ1) is 8.77. The predicted octanol–water partition coefficient (Wildman–Crippen LogP) is 3.82. The third kappa shape index (κ3) is 4.92. The molecule has 0 amide bonds. The van der Waals surface area contributed by atoms with Crippen LogP contribution in [0.1, 0.15) is 43.4 Å². The summed E-state index contributed by atoms with van der Waals surface area (Å²) in [4.78, 5) is 0. The number of rotatable bonds is 5. The lowest BCUT2D eigenvalue weighted by atomic mass is 9.94. The Morgan fingerprint density at radius 1 is 1.30 bits per heavy atom. The fourth-order valence-corrected chi connectivity index (χ4v) is 1.87. The van der Waals surface area contributed by atoms with Crippen LogP contribution in [0.2, 0.25) is 0 Å². The van der Waals surface area contributed by atoms with Crippen LogP contribution in [0.5, 0.6) is 0 Å². The third-order valence-corrected chi connectivity index (χ3v) is 2.95. The summed E-state index contributed by atoms with van der Waals surface area (Å²) in [7, 11) is 0. The Hall–Kier alpha value is -0.850. The molecule has 0 aliphatic rings. The molecule has 1 aromatic rings. The number of unbranched alkanes of at least 4 members (excludes halogenated alkanes) is 1. The van der Waals surface area contributed by atoms with Gasteiger partial charge in [-0.1, -0.05) is 19.8 Å². The topological polar surface area (TPSA) is 46.2 Å². The first-order valence-corrected chi connectivity index (χ1v) is 6.07. The van der Waals surface area contributed by atoms with E-state index in [1.807, 2.05) is 6.92 Å². The van der Waals surface area contributed by atoms with Gasteiger partial charge in [0.25, 0.3) is 0 Å². The summed E-state index contributed by atoms with van der Waals surface area (Å²) in [6.07, 6.45) is -4.02. The van der Waals surface area contributed by atoms with Gasteiger partial charge in [0, 0.05) is 0 Å². The quantitative estimate of drug-likeness (QED) is 0.811. The fraction of sp³-hybridized carbons (Fsp3) is 0.538. The second kappa shape index (κ2) is 7.81. The molecule has 0 heterocycles. The third-order valence-electron chi connectivity index (χ3n) is 2.95. The van der Waals surface area contributed by atoms with E-state index in [1.165, 1.54) is 0 Å². The Labute approximate surface area is 121 Å². The van der Waals surface area contributed by atoms with Gasteiger partial charge in [0.2, 0.25) is 0 Å². The Kier molecular flexibility index (Phi) is 7.47. The van der Waals surface area contributed by atoms with Gasteiger partial charge in [0.1, 0.15) is 5.82 Å². The van der Waals surface area contributed by atoms with E-state index in [1.54, 1.807) is 0 Å². The molecular weight excluding hydrogens is 298 g/mol. The molecule has 0 spiro atoms. The summed E-state index contributed by atoms with van der Waals surface area (Å²) in [5, 5.41) is 9.77. The fourth-order valence-electron chi connectivity index (χ4n) is 1.87. The van der Waals surface area contributed by atoms with Crippen LogP contribution in [0.4, 0.5) is 17.6 Å². The summed E-state index contributed by atoms with van der Waals surface area (Å²) in [5.41, 5.74) is 4.22. The van der Waals surface area contributed by atoms with Gasteiger partial charge in [0.15, 0.2) is 0 Å². The monoisotopic (exact) mass is 315 g/mol. The molecule has 0 radical (unpaired) electrons. The summed E-state index contributed by atoms with van der Waals surface area (Å²) >= 11 is 0. The number of aliphatic hydroxyl groups excluding tert-OH is 1. The van der Waals surface area contributed by atoms with E-state index in [2.05, 4.69) is 0 Å². The van der Waals surface area contributed by atoms with Crippen molar-refractivity contribution in [2.24, 2.45) is 5.73 Å². The first kappa shape index (κ1) is 19.1. The van der Waals surface area contributed by atoms with Crippen molar-refractivity contribution in [1.82, 2.24) is 0 Å². The molecular formula is C13H18ClF4NO. The molecule has 1 aromatic carbocycles. The van der Waals surface area contributed by atoms with Crippen molar-refractivity contribution >= 4 is 12.4 Å². The van der Waals surface area contributed by atoms with Crippen LogP contribution < -0.4 is 5.73 Å². The van der Waals surface area contributed by atoms with E-state index in [0.29, 0.717) is 12.5 Å². The van der Waals surface area contributed by atoms with Gasteiger partial charge in [-0.15, -0.1) is 12.4 Å². The zero-order valence-electron chi connectivity index (χ0n) is 11.0. The highest BCUT2D eigenvalue weighted by molar-refractivity contribution is 5.85. The standard InChI is InChI=1S/C13H17F4NO.ClH/c1-2-3-4-11(19)12(18)9-7-8(14)5-6-10(9)13(15,16)17;/h5-7,11-12,19H,2-4,18H2,1H3;1H/t11-,12+;/m0./s1. The van der Waals surface area contributed by atoms with Crippen molar-refractivity contribution in [2.45, 2.75) is 44.5 Å². The van der Waals surface area contributed by atoms with Gasteiger partial charge in [-0.2, -0.15) is 13.2 Å². The Balaban J connectivity index is 0.00000361. The summed E-state index contributed by atoms with van der Waals surface area (Å²) in [6, 6.07) is 0.871. The van der Waals surface area contributed by atoms with Crippen molar-refractivity contribution < 1.29 is 22.7 Å². The lowest BCUT2D eigenvalue weighted by Crippen LogP contribution is -2.28. The first-order valence-electron chi connectivity index (χ1n) is 6.07. The molecule has 0 aliphatic heterocycles. The van der Waals surface area contributed by atoms with Gasteiger partial charge in [-0.25, -0.2) is 4.39 Å². The number of nitrogens with two attached hydrogens (primary N) is 1. The van der Waals surface area contributed by atoms with Crippen LogP contribution in [0.15, 0.2) is 18.2 Å². The average Bonchev–Trinajstić information content (AvgIpc) is 2.33. The van der Waals surface area contributed by atoms with Crippen LogP contribution in [0.3, 0.4) is 0 Å². The highest BCUT2D eigenvalue weighted by atomic mass is 35.5. The Bertz CT molecular complexity index is 425. The lowest BCUT2D eigenvalue weighted by molar-refractivity contribution is -0.138. The maximum Gasteiger partial charge on any atom is 0.416 e. The molecule has 116 valence electrons. The van der Waals surface area contributed by atoms with Gasteiger partial charge in [-0.05, 0) is 30.2 Å². The molecule has 2 atom stereocenters. The molecule has 20 heavy (non-hydrogen) atoms. The van der Waals surface area contributed by atoms with E-state index in [0.717, 1.165) is 18.6 Å². The number of hydrogen-bond acceptors (Lipinski definition) is 2. The van der Waals surface area contributed by atoms with Gasteiger partial charge in [-0.3, -0.25) is 0 Å². The minimum Gasteiger partial charge on any atom is -0.391 e. The molecule has 0 bridgehead atoms. The van der Waals surface area contributed by atoms with Gasteiger partial charge >= 0.3 is 6.18 Å². The van der Waals surface area contributed by atoms with E-state index in [-0.39, 0.29) is 18.8 Å². The number of hydrogen-bond donors (Lipinski definition) is 2. The normalized spacial score (nSPS) is 14.6. The molecule has 0 fully saturated rings. The molecule has 3 N–H and O–H groups in total. The smallest absolute Gasteiger partial charge is 0.391 e. The molecule has 2 nitrogen and oxygen atoms in total. The molecule has 0 unspecified atom stereocenters.